The maximum atomic E-state index is 12.9. The molecule has 0 radical (unpaired) electrons. The van der Waals surface area contributed by atoms with E-state index in [0.717, 1.165) is 12.0 Å². The number of halogens is 1. The van der Waals surface area contributed by atoms with Gasteiger partial charge in [0.1, 0.15) is 0 Å². The van der Waals surface area contributed by atoms with Crippen LogP contribution in [0.2, 0.25) is 5.02 Å². The molecule has 6 heteroatoms. The molecule has 3 fully saturated rings. The molecule has 0 unspecified atom stereocenters. The van der Waals surface area contributed by atoms with E-state index in [9.17, 15) is 14.4 Å². The van der Waals surface area contributed by atoms with Gasteiger partial charge in [0.25, 0.3) is 0 Å². The van der Waals surface area contributed by atoms with Crippen molar-refractivity contribution in [1.29, 1.82) is 0 Å². The van der Waals surface area contributed by atoms with Gasteiger partial charge in [-0.3, -0.25) is 19.3 Å². The lowest BCUT2D eigenvalue weighted by Crippen LogP contribution is -2.40. The van der Waals surface area contributed by atoms with Crippen LogP contribution in [0.15, 0.2) is 30.4 Å². The molecule has 0 aromatic heterocycles. The second-order valence-corrected chi connectivity index (χ2v) is 8.60. The first kappa shape index (κ1) is 17.0. The highest BCUT2D eigenvalue weighted by Gasteiger charge is 2.66. The fourth-order valence-electron chi connectivity index (χ4n) is 5.41. The number of nitrogens with one attached hydrogen (secondary N) is 1. The van der Waals surface area contributed by atoms with E-state index in [0.29, 0.717) is 22.5 Å². The van der Waals surface area contributed by atoms with Gasteiger partial charge in [-0.25, -0.2) is 0 Å². The van der Waals surface area contributed by atoms with E-state index in [2.05, 4.69) is 17.5 Å². The predicted octanol–water partition coefficient (Wildman–Crippen LogP) is 3.03. The highest BCUT2D eigenvalue weighted by Crippen LogP contribution is 2.65. The summed E-state index contributed by atoms with van der Waals surface area (Å²) in [5.41, 5.74) is 1.45. The first-order chi connectivity index (χ1) is 13.0. The topological polar surface area (TPSA) is 66.5 Å². The molecule has 1 heterocycles. The summed E-state index contributed by atoms with van der Waals surface area (Å²) in [4.78, 5) is 39.5. The molecule has 1 aliphatic heterocycles. The monoisotopic (exact) mass is 384 g/mol. The standard InChI is InChI=1S/C21H21ClN2O3/c1-10-15(22)3-2-4-16(10)23-17(25)7-8-24-20(26)18-11-5-6-12(14-9-13(11)14)19(18)21(24)27/h2-6,11-14,18-19H,7-9H2,1H3,(H,23,25)/t11-,12-,13-,14+,18+,19+/m0/s1. The van der Waals surface area contributed by atoms with Crippen molar-refractivity contribution in [2.24, 2.45) is 35.5 Å². The SMILES string of the molecule is Cc1c(Cl)cccc1NC(=O)CCN1C(=O)[C@@H]2[C@H]3C=C[C@@H]([C@@H]4C[C@H]34)[C@H]2C1=O. The zero-order chi connectivity index (χ0) is 18.9. The zero-order valence-corrected chi connectivity index (χ0v) is 15.8. The lowest BCUT2D eigenvalue weighted by atomic mass is 9.63. The van der Waals surface area contributed by atoms with Crippen LogP contribution in [0.1, 0.15) is 18.4 Å². The number of hydrogen-bond donors (Lipinski definition) is 1. The van der Waals surface area contributed by atoms with Crippen molar-refractivity contribution in [2.75, 3.05) is 11.9 Å². The molecule has 5 nitrogen and oxygen atoms in total. The van der Waals surface area contributed by atoms with Crippen molar-refractivity contribution in [3.63, 3.8) is 0 Å². The van der Waals surface area contributed by atoms with E-state index in [1.165, 1.54) is 4.90 Å². The number of carbonyl (C=O) groups excluding carboxylic acids is 3. The van der Waals surface area contributed by atoms with Gasteiger partial charge in [0.15, 0.2) is 0 Å². The minimum atomic E-state index is -0.222. The van der Waals surface area contributed by atoms with Crippen LogP contribution in [0, 0.1) is 42.4 Å². The molecule has 6 rings (SSSR count). The number of imide groups is 1. The smallest absolute Gasteiger partial charge is 0.233 e. The molecule has 2 bridgehead atoms. The van der Waals surface area contributed by atoms with Crippen LogP contribution >= 0.6 is 11.6 Å². The number of likely N-dealkylation sites (tertiary alicyclic amines) is 1. The van der Waals surface area contributed by atoms with Gasteiger partial charge < -0.3 is 5.32 Å². The molecular formula is C21H21ClN2O3. The molecule has 3 amide bonds. The van der Waals surface area contributed by atoms with Gasteiger partial charge in [0, 0.05) is 23.7 Å². The molecule has 1 N–H and O–H groups in total. The predicted molar refractivity (Wildman–Crippen MR) is 101 cm³/mol. The maximum absolute atomic E-state index is 12.9. The van der Waals surface area contributed by atoms with Gasteiger partial charge in [-0.15, -0.1) is 0 Å². The number of nitrogens with zero attached hydrogens (tertiary/aromatic N) is 1. The fraction of sp³-hybridized carbons (Fsp3) is 0.476. The zero-order valence-electron chi connectivity index (χ0n) is 15.0. The van der Waals surface area contributed by atoms with E-state index in [1.807, 2.05) is 6.92 Å². The lowest BCUT2D eigenvalue weighted by molar-refractivity contribution is -0.140. The molecule has 6 atom stereocenters. The minimum Gasteiger partial charge on any atom is -0.326 e. The molecular weight excluding hydrogens is 364 g/mol. The summed E-state index contributed by atoms with van der Waals surface area (Å²) in [7, 11) is 0. The minimum absolute atomic E-state index is 0.0820. The number of hydrogen-bond acceptors (Lipinski definition) is 3. The summed E-state index contributed by atoms with van der Waals surface area (Å²) in [6.07, 6.45) is 5.56. The average molecular weight is 385 g/mol. The molecule has 140 valence electrons. The third kappa shape index (κ3) is 2.48. The summed E-state index contributed by atoms with van der Waals surface area (Å²) in [5, 5.41) is 3.41. The molecule has 5 aliphatic rings. The van der Waals surface area contributed by atoms with Crippen LogP contribution < -0.4 is 5.32 Å². The van der Waals surface area contributed by atoms with E-state index in [1.54, 1.807) is 18.2 Å². The van der Waals surface area contributed by atoms with E-state index in [4.69, 9.17) is 11.6 Å². The van der Waals surface area contributed by atoms with Gasteiger partial charge in [-0.05, 0) is 54.7 Å². The molecule has 27 heavy (non-hydrogen) atoms. The summed E-state index contributed by atoms with van der Waals surface area (Å²) in [6, 6.07) is 5.33. The van der Waals surface area contributed by atoms with Crippen LogP contribution in [0.25, 0.3) is 0 Å². The summed E-state index contributed by atoms with van der Waals surface area (Å²) < 4.78 is 0. The highest BCUT2D eigenvalue weighted by atomic mass is 35.5. The first-order valence-corrected chi connectivity index (χ1v) is 9.93. The summed E-state index contributed by atoms with van der Waals surface area (Å²) in [6.45, 7) is 1.98. The number of amides is 3. The Labute approximate surface area is 162 Å². The van der Waals surface area contributed by atoms with Gasteiger partial charge in [0.2, 0.25) is 17.7 Å². The number of rotatable bonds is 4. The Hall–Kier alpha value is -2.14. The van der Waals surface area contributed by atoms with Crippen LogP contribution in [0.5, 0.6) is 0 Å². The molecule has 0 spiro atoms. The van der Waals surface area contributed by atoms with Crippen molar-refractivity contribution in [3.05, 3.63) is 40.9 Å². The van der Waals surface area contributed by atoms with Crippen molar-refractivity contribution < 1.29 is 14.4 Å². The van der Waals surface area contributed by atoms with E-state index >= 15 is 0 Å². The third-order valence-electron chi connectivity index (χ3n) is 6.86. The molecule has 1 aromatic carbocycles. The second kappa shape index (κ2) is 5.93. The Bertz CT molecular complexity index is 859. The van der Waals surface area contributed by atoms with Gasteiger partial charge in [0.05, 0.1) is 11.8 Å². The molecule has 2 saturated carbocycles. The number of carbonyl (C=O) groups is 3. The van der Waals surface area contributed by atoms with Crippen molar-refractivity contribution >= 4 is 35.0 Å². The van der Waals surface area contributed by atoms with Crippen molar-refractivity contribution in [2.45, 2.75) is 19.8 Å². The molecule has 1 aromatic rings. The Morgan fingerprint density at radius 1 is 1.15 bits per heavy atom. The van der Waals surface area contributed by atoms with Crippen LogP contribution in [0.3, 0.4) is 0 Å². The maximum Gasteiger partial charge on any atom is 0.233 e. The lowest BCUT2D eigenvalue weighted by Gasteiger charge is -2.37. The Balaban J connectivity index is 1.26. The van der Waals surface area contributed by atoms with Crippen LogP contribution in [0.4, 0.5) is 5.69 Å². The normalized spacial score (nSPS) is 35.3. The Kier molecular flexibility index (Phi) is 3.73. The molecule has 1 saturated heterocycles. The second-order valence-electron chi connectivity index (χ2n) is 8.19. The largest absolute Gasteiger partial charge is 0.326 e. The van der Waals surface area contributed by atoms with Gasteiger partial charge >= 0.3 is 0 Å². The van der Waals surface area contributed by atoms with Gasteiger partial charge in [-0.2, -0.15) is 0 Å². The average Bonchev–Trinajstić information content (AvgIpc) is 3.43. The number of anilines is 1. The van der Waals surface area contributed by atoms with E-state index in [-0.39, 0.29) is 54.4 Å². The highest BCUT2D eigenvalue weighted by molar-refractivity contribution is 6.31. The van der Waals surface area contributed by atoms with Crippen molar-refractivity contribution in [3.8, 4) is 0 Å². The first-order valence-electron chi connectivity index (χ1n) is 9.56. The number of benzene rings is 1. The van der Waals surface area contributed by atoms with E-state index < -0.39 is 0 Å². The van der Waals surface area contributed by atoms with Crippen LogP contribution in [-0.2, 0) is 14.4 Å². The molecule has 4 aliphatic carbocycles. The number of allylic oxidation sites excluding steroid dienone is 2. The van der Waals surface area contributed by atoms with Crippen molar-refractivity contribution in [1.82, 2.24) is 4.90 Å². The summed E-state index contributed by atoms with van der Waals surface area (Å²) in [5.74, 6) is 0.828. The summed E-state index contributed by atoms with van der Waals surface area (Å²) >= 11 is 6.08. The fourth-order valence-corrected chi connectivity index (χ4v) is 5.58. The Morgan fingerprint density at radius 2 is 1.78 bits per heavy atom. The third-order valence-corrected chi connectivity index (χ3v) is 7.27. The van der Waals surface area contributed by atoms with Crippen LogP contribution in [-0.4, -0.2) is 29.2 Å². The van der Waals surface area contributed by atoms with Gasteiger partial charge in [-0.1, -0.05) is 29.8 Å². The Morgan fingerprint density at radius 3 is 2.41 bits per heavy atom. The quantitative estimate of drug-likeness (QED) is 0.641.